The van der Waals surface area contributed by atoms with Gasteiger partial charge in [-0.25, -0.2) is 9.78 Å². The number of hydrogen-bond donors (Lipinski definition) is 2. The molecule has 124 valence electrons. The Labute approximate surface area is 144 Å². The van der Waals surface area contributed by atoms with Gasteiger partial charge in [-0.3, -0.25) is 10.1 Å². The van der Waals surface area contributed by atoms with E-state index >= 15 is 0 Å². The fourth-order valence-corrected chi connectivity index (χ4v) is 2.75. The van der Waals surface area contributed by atoms with Gasteiger partial charge in [0.05, 0.1) is 6.04 Å². The molecule has 24 heavy (non-hydrogen) atoms. The molecule has 3 rings (SSSR count). The molecule has 1 fully saturated rings. The van der Waals surface area contributed by atoms with Crippen molar-refractivity contribution in [3.05, 3.63) is 53.2 Å². The zero-order chi connectivity index (χ0) is 17.1. The molecule has 1 unspecified atom stereocenters. The Morgan fingerprint density at radius 2 is 2.00 bits per heavy atom. The number of aromatic nitrogens is 1. The standard InChI is InChI=1S/C17H17ClN4O2/c1-11-3-2-4-15(19-11)21-17(24)20-13-9-16(23)22(10-13)14-7-5-12(18)6-8-14/h2-8,13H,9-10H2,1H3,(H2,19,20,21,24). The van der Waals surface area contributed by atoms with E-state index in [2.05, 4.69) is 15.6 Å². The van der Waals surface area contributed by atoms with Crippen LogP contribution in [-0.4, -0.2) is 29.5 Å². The second-order valence-corrected chi connectivity index (χ2v) is 6.08. The van der Waals surface area contributed by atoms with E-state index in [9.17, 15) is 9.59 Å². The summed E-state index contributed by atoms with van der Waals surface area (Å²) in [5.41, 5.74) is 1.59. The number of carbonyl (C=O) groups excluding carboxylic acids is 2. The van der Waals surface area contributed by atoms with Crippen molar-refractivity contribution in [1.82, 2.24) is 10.3 Å². The highest BCUT2D eigenvalue weighted by Crippen LogP contribution is 2.23. The third kappa shape index (κ3) is 3.83. The number of urea groups is 1. The topological polar surface area (TPSA) is 74.3 Å². The predicted octanol–water partition coefficient (Wildman–Crippen LogP) is 2.97. The lowest BCUT2D eigenvalue weighted by Gasteiger charge is -2.17. The van der Waals surface area contributed by atoms with Gasteiger partial charge in [-0.15, -0.1) is 0 Å². The summed E-state index contributed by atoms with van der Waals surface area (Å²) in [6, 6.07) is 11.8. The second-order valence-electron chi connectivity index (χ2n) is 5.64. The maximum absolute atomic E-state index is 12.2. The monoisotopic (exact) mass is 344 g/mol. The summed E-state index contributed by atoms with van der Waals surface area (Å²) in [6.07, 6.45) is 0.261. The number of amides is 3. The van der Waals surface area contributed by atoms with Crippen molar-refractivity contribution in [1.29, 1.82) is 0 Å². The highest BCUT2D eigenvalue weighted by molar-refractivity contribution is 6.30. The molecular weight excluding hydrogens is 328 g/mol. The molecule has 2 heterocycles. The molecule has 7 heteroatoms. The molecule has 0 radical (unpaired) electrons. The van der Waals surface area contributed by atoms with Gasteiger partial charge in [0.25, 0.3) is 0 Å². The van der Waals surface area contributed by atoms with E-state index in [1.54, 1.807) is 35.2 Å². The Bertz CT molecular complexity index is 763. The van der Waals surface area contributed by atoms with Gasteiger partial charge < -0.3 is 10.2 Å². The number of carbonyl (C=O) groups is 2. The van der Waals surface area contributed by atoms with Gasteiger partial charge in [0.15, 0.2) is 0 Å². The van der Waals surface area contributed by atoms with E-state index in [-0.39, 0.29) is 24.4 Å². The van der Waals surface area contributed by atoms with Crippen LogP contribution in [0.2, 0.25) is 5.02 Å². The number of anilines is 2. The molecule has 0 saturated carbocycles. The van der Waals surface area contributed by atoms with Crippen molar-refractivity contribution >= 4 is 35.0 Å². The Hall–Kier alpha value is -2.60. The number of nitrogens with zero attached hydrogens (tertiary/aromatic N) is 2. The highest BCUT2D eigenvalue weighted by atomic mass is 35.5. The number of hydrogen-bond acceptors (Lipinski definition) is 3. The lowest BCUT2D eigenvalue weighted by Crippen LogP contribution is -2.39. The molecule has 0 aliphatic carbocycles. The van der Waals surface area contributed by atoms with Crippen LogP contribution in [-0.2, 0) is 4.79 Å². The lowest BCUT2D eigenvalue weighted by atomic mass is 10.2. The largest absolute Gasteiger partial charge is 0.333 e. The fourth-order valence-electron chi connectivity index (χ4n) is 2.63. The molecule has 0 spiro atoms. The van der Waals surface area contributed by atoms with Crippen LogP contribution in [0.1, 0.15) is 12.1 Å². The van der Waals surface area contributed by atoms with Crippen LogP contribution in [0.4, 0.5) is 16.3 Å². The van der Waals surface area contributed by atoms with E-state index in [1.807, 2.05) is 19.1 Å². The summed E-state index contributed by atoms with van der Waals surface area (Å²) >= 11 is 5.87. The van der Waals surface area contributed by atoms with Crippen LogP contribution in [0.25, 0.3) is 0 Å². The smallest absolute Gasteiger partial charge is 0.320 e. The molecule has 1 aromatic carbocycles. The molecule has 2 aromatic rings. The van der Waals surface area contributed by atoms with Gasteiger partial charge in [-0.05, 0) is 43.3 Å². The van der Waals surface area contributed by atoms with E-state index in [0.29, 0.717) is 17.4 Å². The maximum Gasteiger partial charge on any atom is 0.320 e. The minimum absolute atomic E-state index is 0.0312. The SMILES string of the molecule is Cc1cccc(NC(=O)NC2CC(=O)N(c3ccc(Cl)cc3)C2)n1. The number of nitrogens with one attached hydrogen (secondary N) is 2. The van der Waals surface area contributed by atoms with Crippen LogP contribution in [0, 0.1) is 6.92 Å². The minimum Gasteiger partial charge on any atom is -0.333 e. The fraction of sp³-hybridized carbons (Fsp3) is 0.235. The average molecular weight is 345 g/mol. The number of aryl methyl sites for hydroxylation is 1. The number of halogens is 1. The Balaban J connectivity index is 1.59. The quantitative estimate of drug-likeness (QED) is 0.899. The van der Waals surface area contributed by atoms with Crippen molar-refractivity contribution in [3.63, 3.8) is 0 Å². The summed E-state index contributed by atoms with van der Waals surface area (Å²) in [4.78, 5) is 30.1. The molecule has 1 aromatic heterocycles. The summed E-state index contributed by atoms with van der Waals surface area (Å²) < 4.78 is 0. The Morgan fingerprint density at radius 1 is 1.25 bits per heavy atom. The van der Waals surface area contributed by atoms with Gasteiger partial charge >= 0.3 is 6.03 Å². The summed E-state index contributed by atoms with van der Waals surface area (Å²) in [7, 11) is 0. The van der Waals surface area contributed by atoms with Crippen molar-refractivity contribution in [2.75, 3.05) is 16.8 Å². The van der Waals surface area contributed by atoms with Crippen LogP contribution in [0.5, 0.6) is 0 Å². The van der Waals surface area contributed by atoms with Crippen molar-refractivity contribution in [3.8, 4) is 0 Å². The summed E-state index contributed by atoms with van der Waals surface area (Å²) in [5, 5.41) is 6.10. The van der Waals surface area contributed by atoms with Gasteiger partial charge in [-0.1, -0.05) is 17.7 Å². The molecule has 1 saturated heterocycles. The molecule has 6 nitrogen and oxygen atoms in total. The van der Waals surface area contributed by atoms with Gasteiger partial charge in [0.2, 0.25) is 5.91 Å². The molecule has 1 atom stereocenters. The highest BCUT2D eigenvalue weighted by Gasteiger charge is 2.31. The lowest BCUT2D eigenvalue weighted by molar-refractivity contribution is -0.117. The molecule has 3 amide bonds. The van der Waals surface area contributed by atoms with Crippen molar-refractivity contribution in [2.24, 2.45) is 0 Å². The van der Waals surface area contributed by atoms with E-state index in [1.165, 1.54) is 0 Å². The normalized spacial score (nSPS) is 17.0. The Kier molecular flexibility index (Phi) is 4.66. The van der Waals surface area contributed by atoms with Crippen molar-refractivity contribution < 1.29 is 9.59 Å². The maximum atomic E-state index is 12.2. The molecular formula is C17H17ClN4O2. The number of benzene rings is 1. The summed E-state index contributed by atoms with van der Waals surface area (Å²) in [6.45, 7) is 2.28. The molecule has 2 N–H and O–H groups in total. The third-order valence-corrected chi connectivity index (χ3v) is 3.98. The average Bonchev–Trinajstić information content (AvgIpc) is 2.88. The first-order valence-corrected chi connectivity index (χ1v) is 7.96. The first-order valence-electron chi connectivity index (χ1n) is 7.58. The molecule has 1 aliphatic heterocycles. The minimum atomic E-state index is -0.371. The van der Waals surface area contributed by atoms with Crippen LogP contribution in [0.3, 0.4) is 0 Å². The van der Waals surface area contributed by atoms with E-state index in [4.69, 9.17) is 11.6 Å². The first kappa shape index (κ1) is 16.3. The van der Waals surface area contributed by atoms with Crippen molar-refractivity contribution in [2.45, 2.75) is 19.4 Å². The zero-order valence-electron chi connectivity index (χ0n) is 13.1. The third-order valence-electron chi connectivity index (χ3n) is 3.73. The van der Waals surface area contributed by atoms with Gasteiger partial charge in [0, 0.05) is 29.4 Å². The van der Waals surface area contributed by atoms with Gasteiger partial charge in [0.1, 0.15) is 5.82 Å². The van der Waals surface area contributed by atoms with Crippen LogP contribution >= 0.6 is 11.6 Å². The first-order chi connectivity index (χ1) is 11.5. The van der Waals surface area contributed by atoms with E-state index < -0.39 is 0 Å². The molecule has 1 aliphatic rings. The van der Waals surface area contributed by atoms with Gasteiger partial charge in [-0.2, -0.15) is 0 Å². The zero-order valence-corrected chi connectivity index (χ0v) is 13.9. The van der Waals surface area contributed by atoms with E-state index in [0.717, 1.165) is 11.4 Å². The second kappa shape index (κ2) is 6.88. The molecule has 0 bridgehead atoms. The summed E-state index contributed by atoms with van der Waals surface area (Å²) in [5.74, 6) is 0.447. The number of pyridine rings is 1. The Morgan fingerprint density at radius 3 is 2.71 bits per heavy atom. The van der Waals surface area contributed by atoms with Crippen LogP contribution < -0.4 is 15.5 Å². The van der Waals surface area contributed by atoms with Crippen LogP contribution in [0.15, 0.2) is 42.5 Å². The predicted molar refractivity (Wildman–Crippen MR) is 93.3 cm³/mol. The number of rotatable bonds is 3.